The van der Waals surface area contributed by atoms with Gasteiger partial charge in [0, 0.05) is 25.6 Å². The summed E-state index contributed by atoms with van der Waals surface area (Å²) in [5, 5.41) is 0. The van der Waals surface area contributed by atoms with Gasteiger partial charge in [-0.2, -0.15) is 0 Å². The highest BCUT2D eigenvalue weighted by molar-refractivity contribution is 7.88. The van der Waals surface area contributed by atoms with Crippen molar-refractivity contribution in [2.75, 3.05) is 26.0 Å². The highest BCUT2D eigenvalue weighted by Crippen LogP contribution is 2.15. The number of hydrogen-bond acceptors (Lipinski definition) is 4. The van der Waals surface area contributed by atoms with Crippen molar-refractivity contribution in [3.05, 3.63) is 29.8 Å². The van der Waals surface area contributed by atoms with Gasteiger partial charge in [0.15, 0.2) is 0 Å². The van der Waals surface area contributed by atoms with Crippen molar-refractivity contribution < 1.29 is 17.9 Å². The number of unbranched alkanes of at least 4 members (excludes halogenated alkanes) is 1. The van der Waals surface area contributed by atoms with Crippen molar-refractivity contribution in [2.45, 2.75) is 45.1 Å². The van der Waals surface area contributed by atoms with Crippen LogP contribution < -0.4 is 9.46 Å². The molecule has 7 heteroatoms. The molecule has 0 atom stereocenters. The van der Waals surface area contributed by atoms with Crippen LogP contribution in [-0.4, -0.2) is 51.2 Å². The summed E-state index contributed by atoms with van der Waals surface area (Å²) in [5.41, 5.74) is 1.17. The Bertz CT molecular complexity index is 667. The Hall–Kier alpha value is -1.60. The Morgan fingerprint density at radius 3 is 2.64 bits per heavy atom. The van der Waals surface area contributed by atoms with Crippen LogP contribution in [0.25, 0.3) is 0 Å². The van der Waals surface area contributed by atoms with Gasteiger partial charge in [0.2, 0.25) is 15.9 Å². The van der Waals surface area contributed by atoms with Crippen LogP contribution in [0.1, 0.15) is 37.7 Å². The van der Waals surface area contributed by atoms with E-state index in [4.69, 9.17) is 4.74 Å². The van der Waals surface area contributed by atoms with Gasteiger partial charge >= 0.3 is 0 Å². The van der Waals surface area contributed by atoms with E-state index in [0.717, 1.165) is 18.6 Å². The van der Waals surface area contributed by atoms with E-state index in [1.54, 1.807) is 0 Å². The normalized spacial score (nSPS) is 16.0. The molecule has 1 N–H and O–H groups in total. The minimum absolute atomic E-state index is 0.0539. The number of likely N-dealkylation sites (tertiary alicyclic amines) is 1. The molecule has 0 spiro atoms. The molecule has 0 saturated carbocycles. The number of amides is 1. The number of nitrogens with zero attached hydrogens (tertiary/aromatic N) is 1. The van der Waals surface area contributed by atoms with Crippen molar-refractivity contribution in [1.29, 1.82) is 0 Å². The molecule has 6 nitrogen and oxygen atoms in total. The minimum atomic E-state index is -3.18. The standard InChI is InChI=1S/C18H28N2O4S/c1-15-6-5-7-17(14-15)24-13-4-3-8-18(21)20-11-9-16(10-12-20)19-25(2,22)23/h5-7,14,16,19H,3-4,8-13H2,1-2H3. The molecule has 1 aromatic rings. The molecule has 1 aliphatic rings. The van der Waals surface area contributed by atoms with Gasteiger partial charge in [-0.25, -0.2) is 13.1 Å². The Morgan fingerprint density at radius 2 is 2.00 bits per heavy atom. The number of hydrogen-bond donors (Lipinski definition) is 1. The lowest BCUT2D eigenvalue weighted by Crippen LogP contribution is -2.46. The van der Waals surface area contributed by atoms with Crippen LogP contribution in [0.4, 0.5) is 0 Å². The quantitative estimate of drug-likeness (QED) is 0.713. The molecule has 1 aromatic carbocycles. The summed E-state index contributed by atoms with van der Waals surface area (Å²) >= 11 is 0. The average molecular weight is 368 g/mol. The second-order valence-electron chi connectivity index (χ2n) is 6.67. The summed E-state index contributed by atoms with van der Waals surface area (Å²) < 4.78 is 30.8. The van der Waals surface area contributed by atoms with Crippen LogP contribution >= 0.6 is 0 Å². The SMILES string of the molecule is Cc1cccc(OCCCCC(=O)N2CCC(NS(C)(=O)=O)CC2)c1. The number of aryl methyl sites for hydroxylation is 1. The van der Waals surface area contributed by atoms with Crippen LogP contribution in [0.2, 0.25) is 0 Å². The lowest BCUT2D eigenvalue weighted by Gasteiger charge is -2.32. The molecule has 1 fully saturated rings. The summed E-state index contributed by atoms with van der Waals surface area (Å²) in [6, 6.07) is 7.88. The molecule has 2 rings (SSSR count). The highest BCUT2D eigenvalue weighted by atomic mass is 32.2. The monoisotopic (exact) mass is 368 g/mol. The zero-order chi connectivity index (χ0) is 18.3. The van der Waals surface area contributed by atoms with Crippen molar-refractivity contribution in [3.8, 4) is 5.75 Å². The molecular weight excluding hydrogens is 340 g/mol. The molecule has 0 unspecified atom stereocenters. The van der Waals surface area contributed by atoms with Gasteiger partial charge in [0.25, 0.3) is 0 Å². The van der Waals surface area contributed by atoms with E-state index in [9.17, 15) is 13.2 Å². The van der Waals surface area contributed by atoms with Crippen molar-refractivity contribution >= 4 is 15.9 Å². The third-order valence-corrected chi connectivity index (χ3v) is 5.03. The summed E-state index contributed by atoms with van der Waals surface area (Å²) in [4.78, 5) is 14.0. The van der Waals surface area contributed by atoms with Crippen LogP contribution in [0.5, 0.6) is 5.75 Å². The first-order valence-corrected chi connectivity index (χ1v) is 10.7. The Morgan fingerprint density at radius 1 is 1.28 bits per heavy atom. The highest BCUT2D eigenvalue weighted by Gasteiger charge is 2.24. The fourth-order valence-corrected chi connectivity index (χ4v) is 3.82. The molecule has 1 amide bonds. The molecule has 0 aromatic heterocycles. The number of nitrogens with one attached hydrogen (secondary N) is 1. The Kier molecular flexibility index (Phi) is 7.25. The third-order valence-electron chi connectivity index (χ3n) is 4.27. The fraction of sp³-hybridized carbons (Fsp3) is 0.611. The predicted molar refractivity (Wildman–Crippen MR) is 98.1 cm³/mol. The van der Waals surface area contributed by atoms with Crippen LogP contribution in [0.3, 0.4) is 0 Å². The minimum Gasteiger partial charge on any atom is -0.494 e. The first-order chi connectivity index (χ1) is 11.8. The summed E-state index contributed by atoms with van der Waals surface area (Å²) in [5.74, 6) is 1.01. The fourth-order valence-electron chi connectivity index (χ4n) is 2.98. The number of ether oxygens (including phenoxy) is 1. The number of benzene rings is 1. The largest absolute Gasteiger partial charge is 0.494 e. The number of rotatable bonds is 8. The zero-order valence-electron chi connectivity index (χ0n) is 15.0. The van der Waals surface area contributed by atoms with Crippen LogP contribution in [0, 0.1) is 6.92 Å². The smallest absolute Gasteiger partial charge is 0.222 e. The van der Waals surface area contributed by atoms with E-state index in [0.29, 0.717) is 39.0 Å². The lowest BCUT2D eigenvalue weighted by atomic mass is 10.1. The predicted octanol–water partition coefficient (Wildman–Crippen LogP) is 2.08. The second-order valence-corrected chi connectivity index (χ2v) is 8.45. The van der Waals surface area contributed by atoms with Crippen LogP contribution in [-0.2, 0) is 14.8 Å². The molecule has 1 aliphatic heterocycles. The molecule has 0 radical (unpaired) electrons. The first-order valence-electron chi connectivity index (χ1n) is 8.78. The number of carbonyl (C=O) groups excluding carboxylic acids is 1. The maximum Gasteiger partial charge on any atom is 0.222 e. The van der Waals surface area contributed by atoms with Gasteiger partial charge < -0.3 is 9.64 Å². The number of piperidine rings is 1. The molecule has 25 heavy (non-hydrogen) atoms. The van der Waals surface area contributed by atoms with Crippen molar-refractivity contribution in [1.82, 2.24) is 9.62 Å². The molecule has 1 heterocycles. The maximum atomic E-state index is 12.2. The van der Waals surface area contributed by atoms with E-state index in [1.807, 2.05) is 36.1 Å². The third kappa shape index (κ3) is 7.44. The van der Waals surface area contributed by atoms with Crippen molar-refractivity contribution in [3.63, 3.8) is 0 Å². The van der Waals surface area contributed by atoms with Gasteiger partial charge in [-0.15, -0.1) is 0 Å². The van der Waals surface area contributed by atoms with Gasteiger partial charge in [-0.1, -0.05) is 12.1 Å². The molecule has 140 valence electrons. The van der Waals surface area contributed by atoms with Crippen molar-refractivity contribution in [2.24, 2.45) is 0 Å². The molecular formula is C18H28N2O4S. The molecule has 0 bridgehead atoms. The summed E-state index contributed by atoms with van der Waals surface area (Å²) in [6.07, 6.45) is 4.67. The van der Waals surface area contributed by atoms with Gasteiger partial charge in [-0.3, -0.25) is 4.79 Å². The number of carbonyl (C=O) groups is 1. The first kappa shape index (κ1) is 19.7. The van der Waals surface area contributed by atoms with Crippen LogP contribution in [0.15, 0.2) is 24.3 Å². The van der Waals surface area contributed by atoms with E-state index >= 15 is 0 Å². The average Bonchev–Trinajstić information content (AvgIpc) is 2.53. The maximum absolute atomic E-state index is 12.2. The van der Waals surface area contributed by atoms with E-state index in [2.05, 4.69) is 4.72 Å². The number of sulfonamides is 1. The zero-order valence-corrected chi connectivity index (χ0v) is 15.8. The molecule has 1 saturated heterocycles. The van der Waals surface area contributed by atoms with Gasteiger partial charge in [0.05, 0.1) is 12.9 Å². The Balaban J connectivity index is 1.60. The van der Waals surface area contributed by atoms with E-state index in [1.165, 1.54) is 11.8 Å². The summed E-state index contributed by atoms with van der Waals surface area (Å²) in [6.45, 7) is 3.87. The van der Waals surface area contributed by atoms with Gasteiger partial charge in [-0.05, 0) is 50.3 Å². The van der Waals surface area contributed by atoms with Gasteiger partial charge in [0.1, 0.15) is 5.75 Å². The Labute approximate surface area is 150 Å². The molecule has 0 aliphatic carbocycles. The van der Waals surface area contributed by atoms with E-state index < -0.39 is 10.0 Å². The topological polar surface area (TPSA) is 75.7 Å². The van der Waals surface area contributed by atoms with E-state index in [-0.39, 0.29) is 11.9 Å². The lowest BCUT2D eigenvalue weighted by molar-refractivity contribution is -0.132. The second kappa shape index (κ2) is 9.20. The summed E-state index contributed by atoms with van der Waals surface area (Å²) in [7, 11) is -3.18.